The lowest BCUT2D eigenvalue weighted by molar-refractivity contribution is 0.0194. The van der Waals surface area contributed by atoms with Gasteiger partial charge in [-0.1, -0.05) is 6.07 Å². The summed E-state index contributed by atoms with van der Waals surface area (Å²) in [5.41, 5.74) is 0.462. The molecule has 0 atom stereocenters. The molecule has 7 nitrogen and oxygen atoms in total. The zero-order valence-electron chi connectivity index (χ0n) is 13.7. The Balaban J connectivity index is 1.70. The molecule has 1 aliphatic heterocycles. The van der Waals surface area contributed by atoms with E-state index in [0.717, 1.165) is 17.3 Å². The molecule has 0 radical (unpaired) electrons. The number of carbonyl (C=O) groups is 1. The molecular formula is C16H21N5O2. The Morgan fingerprint density at radius 2 is 2.09 bits per heavy atom. The highest BCUT2D eigenvalue weighted by atomic mass is 16.6. The number of fused-ring (bicyclic) bond motifs is 1. The van der Waals surface area contributed by atoms with Crippen LogP contribution in [0.1, 0.15) is 38.1 Å². The van der Waals surface area contributed by atoms with E-state index < -0.39 is 5.60 Å². The van der Waals surface area contributed by atoms with Crippen molar-refractivity contribution < 1.29 is 9.53 Å². The minimum atomic E-state index is -0.494. The van der Waals surface area contributed by atoms with Crippen LogP contribution >= 0.6 is 0 Å². The van der Waals surface area contributed by atoms with Gasteiger partial charge in [0.05, 0.1) is 13.0 Å². The lowest BCUT2D eigenvalue weighted by atomic mass is 10.2. The summed E-state index contributed by atoms with van der Waals surface area (Å²) in [6.07, 6.45) is 2.10. The highest BCUT2D eigenvalue weighted by Crippen LogP contribution is 2.17. The predicted octanol–water partition coefficient (Wildman–Crippen LogP) is 2.01. The lowest BCUT2D eigenvalue weighted by Crippen LogP contribution is -2.41. The van der Waals surface area contributed by atoms with E-state index in [1.807, 2.05) is 39.0 Å². The van der Waals surface area contributed by atoms with Crippen LogP contribution in [0, 0.1) is 0 Å². The summed E-state index contributed by atoms with van der Waals surface area (Å²) >= 11 is 0. The number of rotatable bonds is 2. The van der Waals surface area contributed by atoms with Gasteiger partial charge in [0.25, 0.3) is 0 Å². The Morgan fingerprint density at radius 3 is 2.78 bits per heavy atom. The molecule has 0 aromatic carbocycles. The highest BCUT2D eigenvalue weighted by molar-refractivity contribution is 5.68. The number of hydrogen-bond donors (Lipinski definition) is 0. The maximum atomic E-state index is 12.2. The quantitative estimate of drug-likeness (QED) is 0.847. The third-order valence-corrected chi connectivity index (χ3v) is 3.55. The topological polar surface area (TPSA) is 73.1 Å². The van der Waals surface area contributed by atoms with E-state index in [-0.39, 0.29) is 6.09 Å². The largest absolute Gasteiger partial charge is 0.444 e. The SMILES string of the molecule is CC(C)(C)OC(=O)N1CCn2c(Cc3ccccn3)nnc2C1. The molecule has 0 N–H and O–H groups in total. The van der Waals surface area contributed by atoms with Crippen LogP contribution in [0.4, 0.5) is 4.79 Å². The van der Waals surface area contributed by atoms with Crippen LogP contribution in [-0.4, -0.2) is 42.9 Å². The van der Waals surface area contributed by atoms with Crippen molar-refractivity contribution in [3.63, 3.8) is 0 Å². The number of amides is 1. The van der Waals surface area contributed by atoms with Gasteiger partial charge in [0.1, 0.15) is 11.4 Å². The fourth-order valence-electron chi connectivity index (χ4n) is 2.50. The molecule has 7 heteroatoms. The summed E-state index contributed by atoms with van der Waals surface area (Å²) in [6.45, 7) is 7.27. The first-order chi connectivity index (χ1) is 10.9. The molecule has 1 aliphatic rings. The Hall–Kier alpha value is -2.44. The van der Waals surface area contributed by atoms with Crippen LogP contribution in [0.2, 0.25) is 0 Å². The fraction of sp³-hybridized carbons (Fsp3) is 0.500. The third kappa shape index (κ3) is 3.67. The van der Waals surface area contributed by atoms with E-state index >= 15 is 0 Å². The second-order valence-corrected chi connectivity index (χ2v) is 6.58. The van der Waals surface area contributed by atoms with E-state index in [0.29, 0.717) is 26.1 Å². The summed E-state index contributed by atoms with van der Waals surface area (Å²) in [7, 11) is 0. The molecular weight excluding hydrogens is 294 g/mol. The van der Waals surface area contributed by atoms with Crippen molar-refractivity contribution in [3.8, 4) is 0 Å². The van der Waals surface area contributed by atoms with Gasteiger partial charge in [-0.05, 0) is 32.9 Å². The molecule has 2 aromatic rings. The van der Waals surface area contributed by atoms with Crippen molar-refractivity contribution >= 4 is 6.09 Å². The minimum absolute atomic E-state index is 0.307. The highest BCUT2D eigenvalue weighted by Gasteiger charge is 2.28. The Bertz CT molecular complexity index is 690. The second-order valence-electron chi connectivity index (χ2n) is 6.58. The van der Waals surface area contributed by atoms with Crippen LogP contribution in [0.3, 0.4) is 0 Å². The van der Waals surface area contributed by atoms with Gasteiger partial charge >= 0.3 is 6.09 Å². The van der Waals surface area contributed by atoms with Gasteiger partial charge in [0, 0.05) is 25.0 Å². The number of nitrogens with zero attached hydrogens (tertiary/aromatic N) is 5. The molecule has 23 heavy (non-hydrogen) atoms. The standard InChI is InChI=1S/C16H21N5O2/c1-16(2,3)23-15(22)20-8-9-21-13(18-19-14(21)11-20)10-12-6-4-5-7-17-12/h4-7H,8-11H2,1-3H3. The summed E-state index contributed by atoms with van der Waals surface area (Å²) < 4.78 is 7.48. The van der Waals surface area contributed by atoms with E-state index in [4.69, 9.17) is 4.74 Å². The minimum Gasteiger partial charge on any atom is -0.444 e. The normalized spacial score (nSPS) is 14.5. The lowest BCUT2D eigenvalue weighted by Gasteiger charge is -2.30. The summed E-state index contributed by atoms with van der Waals surface area (Å²) in [4.78, 5) is 18.1. The van der Waals surface area contributed by atoms with E-state index in [1.165, 1.54) is 0 Å². The molecule has 0 spiro atoms. The first-order valence-corrected chi connectivity index (χ1v) is 7.71. The molecule has 3 rings (SSSR count). The van der Waals surface area contributed by atoms with Gasteiger partial charge in [0.2, 0.25) is 0 Å². The Kier molecular flexibility index (Phi) is 4.02. The molecule has 2 aromatic heterocycles. The first kappa shape index (κ1) is 15.5. The van der Waals surface area contributed by atoms with Crippen molar-refractivity contribution in [1.82, 2.24) is 24.6 Å². The molecule has 0 bridgehead atoms. The van der Waals surface area contributed by atoms with Crippen LogP contribution < -0.4 is 0 Å². The van der Waals surface area contributed by atoms with Gasteiger partial charge < -0.3 is 9.30 Å². The average molecular weight is 315 g/mol. The van der Waals surface area contributed by atoms with Crippen molar-refractivity contribution in [2.45, 2.75) is 45.9 Å². The number of ether oxygens (including phenoxy) is 1. The van der Waals surface area contributed by atoms with Gasteiger partial charge in [0.15, 0.2) is 5.82 Å². The van der Waals surface area contributed by atoms with Crippen molar-refractivity contribution in [3.05, 3.63) is 41.7 Å². The van der Waals surface area contributed by atoms with Crippen LogP contribution in [-0.2, 0) is 24.2 Å². The molecule has 0 saturated carbocycles. The van der Waals surface area contributed by atoms with E-state index in [2.05, 4.69) is 19.7 Å². The molecule has 0 unspecified atom stereocenters. The predicted molar refractivity (Wildman–Crippen MR) is 83.7 cm³/mol. The zero-order valence-corrected chi connectivity index (χ0v) is 13.7. The van der Waals surface area contributed by atoms with Crippen LogP contribution in [0.25, 0.3) is 0 Å². The number of hydrogen-bond acceptors (Lipinski definition) is 5. The number of pyridine rings is 1. The maximum absolute atomic E-state index is 12.2. The van der Waals surface area contributed by atoms with Crippen molar-refractivity contribution in [2.75, 3.05) is 6.54 Å². The molecule has 0 aliphatic carbocycles. The average Bonchev–Trinajstić information content (AvgIpc) is 2.89. The molecule has 3 heterocycles. The second kappa shape index (κ2) is 5.98. The smallest absolute Gasteiger partial charge is 0.410 e. The summed E-state index contributed by atoms with van der Waals surface area (Å²) in [5, 5.41) is 8.47. The molecule has 122 valence electrons. The van der Waals surface area contributed by atoms with Crippen molar-refractivity contribution in [2.24, 2.45) is 0 Å². The van der Waals surface area contributed by atoms with Crippen molar-refractivity contribution in [1.29, 1.82) is 0 Å². The zero-order chi connectivity index (χ0) is 16.4. The summed E-state index contributed by atoms with van der Waals surface area (Å²) in [5.74, 6) is 1.66. The molecule has 1 amide bonds. The maximum Gasteiger partial charge on any atom is 0.410 e. The number of aromatic nitrogens is 4. The van der Waals surface area contributed by atoms with Crippen LogP contribution in [0.15, 0.2) is 24.4 Å². The van der Waals surface area contributed by atoms with Gasteiger partial charge in [-0.2, -0.15) is 0 Å². The van der Waals surface area contributed by atoms with Gasteiger partial charge in [-0.25, -0.2) is 4.79 Å². The summed E-state index contributed by atoms with van der Waals surface area (Å²) in [6, 6.07) is 5.82. The molecule has 0 saturated heterocycles. The Morgan fingerprint density at radius 1 is 1.26 bits per heavy atom. The number of carbonyl (C=O) groups excluding carboxylic acids is 1. The van der Waals surface area contributed by atoms with Gasteiger partial charge in [-0.3, -0.25) is 9.88 Å². The first-order valence-electron chi connectivity index (χ1n) is 7.71. The molecule has 0 fully saturated rings. The van der Waals surface area contributed by atoms with E-state index in [1.54, 1.807) is 11.1 Å². The van der Waals surface area contributed by atoms with E-state index in [9.17, 15) is 4.79 Å². The van der Waals surface area contributed by atoms with Crippen LogP contribution in [0.5, 0.6) is 0 Å². The fourth-order valence-corrected chi connectivity index (χ4v) is 2.50. The monoisotopic (exact) mass is 315 g/mol. The Labute approximate surface area is 135 Å². The third-order valence-electron chi connectivity index (χ3n) is 3.55. The van der Waals surface area contributed by atoms with Gasteiger partial charge in [-0.15, -0.1) is 10.2 Å².